The summed E-state index contributed by atoms with van der Waals surface area (Å²) in [7, 11) is 0. The maximum absolute atomic E-state index is 12.1. The van der Waals surface area contributed by atoms with Crippen molar-refractivity contribution in [3.05, 3.63) is 67.6 Å². The standard InChI is InChI=1S/C13H16BrN3OSe.C12H14BrNO2.CH2Cl2.CH3N2Se.BrH/c14-10-3-4-11(9(5-10)7-19-13(15)16)12(18)17-6-8-1-2-8;13-10-3-4-11(9(5-10)7-15)12(16)14-6-8-1-2-8;2-1-3;2-1(3)4;/h3-5,8H,1-2,6-7H2,(H3,15,16)(H,17,18);3-5,8,15H,1-2,6-7H2,(H,14,16);1H2;(H3,2,3);1H. The summed E-state index contributed by atoms with van der Waals surface area (Å²) >= 11 is 18.4. The van der Waals surface area contributed by atoms with Gasteiger partial charge in [-0.25, -0.2) is 0 Å². The summed E-state index contributed by atoms with van der Waals surface area (Å²) in [5.41, 5.74) is 12.9. The van der Waals surface area contributed by atoms with Crippen LogP contribution in [0.3, 0.4) is 0 Å². The minimum Gasteiger partial charge on any atom is -0.392 e. The minimum atomic E-state index is -0.119. The number of amides is 2. The van der Waals surface area contributed by atoms with E-state index in [1.54, 1.807) is 12.1 Å². The maximum atomic E-state index is 12.1. The summed E-state index contributed by atoms with van der Waals surface area (Å²) in [5.74, 6) is 1.22. The Bertz CT molecular complexity index is 1200. The fourth-order valence-electron chi connectivity index (χ4n) is 3.28. The van der Waals surface area contributed by atoms with Gasteiger partial charge in [0.2, 0.25) is 0 Å². The number of hydrogen-bond donors (Lipinski definition) is 7. The molecule has 43 heavy (non-hydrogen) atoms. The van der Waals surface area contributed by atoms with Gasteiger partial charge in [0, 0.05) is 16.6 Å². The van der Waals surface area contributed by atoms with Crippen molar-refractivity contribution in [2.24, 2.45) is 23.3 Å². The average molecular weight is 961 g/mol. The van der Waals surface area contributed by atoms with Crippen LogP contribution in [0.25, 0.3) is 0 Å². The SMILES string of the molecule is Br.ClCCl.N=C(N)[Se].N=C(N)[Se]Cc1cc(Br)ccc1C(=O)NCC1CC1.O=C(NCC1CC1)c1ccc(Br)cc1CO. The molecule has 9 nitrogen and oxygen atoms in total. The Morgan fingerprint density at radius 2 is 1.28 bits per heavy atom. The third-order valence-electron chi connectivity index (χ3n) is 5.67. The molecule has 2 aliphatic rings. The molecule has 0 aliphatic heterocycles. The monoisotopic (exact) mass is 959 g/mol. The molecule has 2 aromatic rings. The van der Waals surface area contributed by atoms with Crippen molar-refractivity contribution in [2.45, 2.75) is 37.6 Å². The Morgan fingerprint density at radius 3 is 1.63 bits per heavy atom. The minimum absolute atomic E-state index is 0. The van der Waals surface area contributed by atoms with Crippen LogP contribution in [-0.2, 0) is 11.9 Å². The van der Waals surface area contributed by atoms with Gasteiger partial charge in [-0.1, -0.05) is 15.9 Å². The normalized spacial score (nSPS) is 12.8. The zero-order valence-electron chi connectivity index (χ0n) is 23.1. The van der Waals surface area contributed by atoms with E-state index in [1.807, 2.05) is 24.3 Å². The fourth-order valence-corrected chi connectivity index (χ4v) is 5.25. The van der Waals surface area contributed by atoms with E-state index >= 15 is 0 Å². The van der Waals surface area contributed by atoms with E-state index in [1.165, 1.54) is 25.7 Å². The molecule has 0 saturated heterocycles. The Kier molecular flexibility index (Phi) is 23.3. The number of nitrogens with two attached hydrogens (primary N) is 2. The number of rotatable bonds is 10. The first-order chi connectivity index (χ1) is 19.9. The van der Waals surface area contributed by atoms with Crippen molar-refractivity contribution in [1.29, 1.82) is 10.8 Å². The molecule has 0 heterocycles. The van der Waals surface area contributed by atoms with E-state index in [0.717, 1.165) is 27.6 Å². The first-order valence-electron chi connectivity index (χ1n) is 12.8. The van der Waals surface area contributed by atoms with Gasteiger partial charge in [0.15, 0.2) is 0 Å². The van der Waals surface area contributed by atoms with Crippen molar-refractivity contribution in [3.63, 3.8) is 0 Å². The number of aliphatic hydroxyl groups excluding tert-OH is 1. The van der Waals surface area contributed by atoms with Crippen molar-refractivity contribution in [2.75, 3.05) is 18.4 Å². The van der Waals surface area contributed by atoms with Gasteiger partial charge in [-0.3, -0.25) is 4.79 Å². The van der Waals surface area contributed by atoms with Crippen LogP contribution in [0.5, 0.6) is 0 Å². The number of hydrogen-bond acceptors (Lipinski definition) is 5. The maximum Gasteiger partial charge on any atom is 0.251 e. The summed E-state index contributed by atoms with van der Waals surface area (Å²) in [4.78, 5) is 24.0. The van der Waals surface area contributed by atoms with Gasteiger partial charge in [0.25, 0.3) is 5.91 Å². The summed E-state index contributed by atoms with van der Waals surface area (Å²) in [5, 5.41) is 29.5. The first kappa shape index (κ1) is 42.3. The number of carbonyl (C=O) groups excluding carboxylic acids is 2. The van der Waals surface area contributed by atoms with Crippen LogP contribution in [-0.4, -0.2) is 75.8 Å². The molecule has 2 aliphatic carbocycles. The Balaban J connectivity index is 0.000000668. The molecule has 239 valence electrons. The summed E-state index contributed by atoms with van der Waals surface area (Å²) < 4.78 is 2.06. The van der Waals surface area contributed by atoms with E-state index in [4.69, 9.17) is 39.8 Å². The molecule has 2 saturated carbocycles. The van der Waals surface area contributed by atoms with Crippen LogP contribution < -0.4 is 22.1 Å². The molecular weight excluding hydrogens is 925 g/mol. The van der Waals surface area contributed by atoms with Gasteiger partial charge in [0.1, 0.15) is 0 Å². The number of benzene rings is 2. The van der Waals surface area contributed by atoms with Crippen LogP contribution in [0.15, 0.2) is 45.3 Å². The molecule has 9 N–H and O–H groups in total. The van der Waals surface area contributed by atoms with Crippen LogP contribution in [0.2, 0.25) is 0 Å². The van der Waals surface area contributed by atoms with Crippen LogP contribution in [0, 0.1) is 22.7 Å². The topological polar surface area (TPSA) is 178 Å². The van der Waals surface area contributed by atoms with E-state index in [2.05, 4.69) is 64.2 Å². The number of aliphatic hydroxyl groups is 1. The third-order valence-corrected chi connectivity index (χ3v) is 8.27. The molecule has 0 spiro atoms. The van der Waals surface area contributed by atoms with Crippen molar-refractivity contribution < 1.29 is 14.7 Å². The average Bonchev–Trinajstić information content (AvgIpc) is 3.85. The quantitative estimate of drug-likeness (QED) is 0.0781. The van der Waals surface area contributed by atoms with E-state index in [0.29, 0.717) is 33.8 Å². The van der Waals surface area contributed by atoms with Crippen molar-refractivity contribution in [3.8, 4) is 0 Å². The smallest absolute Gasteiger partial charge is 0.251 e. The van der Waals surface area contributed by atoms with E-state index in [-0.39, 0.29) is 65.2 Å². The van der Waals surface area contributed by atoms with Gasteiger partial charge in [-0.2, -0.15) is 0 Å². The summed E-state index contributed by atoms with van der Waals surface area (Å²) in [6.07, 6.45) is 4.88. The van der Waals surface area contributed by atoms with Gasteiger partial charge < -0.3 is 10.4 Å². The number of halogens is 5. The third kappa shape index (κ3) is 20.2. The molecule has 0 atom stereocenters. The molecule has 0 aromatic heterocycles. The van der Waals surface area contributed by atoms with E-state index < -0.39 is 0 Å². The molecule has 2 fully saturated rings. The van der Waals surface area contributed by atoms with Gasteiger partial charge in [0.05, 0.1) is 11.9 Å². The first-order valence-corrected chi connectivity index (χ1v) is 18.3. The second-order valence-electron chi connectivity index (χ2n) is 9.19. The molecule has 16 heteroatoms. The molecule has 4 rings (SSSR count). The van der Waals surface area contributed by atoms with Crippen molar-refractivity contribution >= 4 is 124 Å². The fraction of sp³-hybridized carbons (Fsp3) is 0.407. The molecule has 2 aromatic carbocycles. The molecule has 0 unspecified atom stereocenters. The van der Waals surface area contributed by atoms with Crippen LogP contribution in [0.4, 0.5) is 0 Å². The largest absolute Gasteiger partial charge is 0.392 e. The zero-order chi connectivity index (χ0) is 31.7. The Labute approximate surface area is 304 Å². The van der Waals surface area contributed by atoms with Crippen LogP contribution >= 0.6 is 72.0 Å². The summed E-state index contributed by atoms with van der Waals surface area (Å²) in [6, 6.07) is 11.0. The molecule has 2 amide bonds. The van der Waals surface area contributed by atoms with Crippen molar-refractivity contribution in [1.82, 2.24) is 10.6 Å². The van der Waals surface area contributed by atoms with E-state index in [9.17, 15) is 14.7 Å². The number of alkyl halides is 2. The van der Waals surface area contributed by atoms with Gasteiger partial charge in [-0.05, 0) is 42.5 Å². The second kappa shape index (κ2) is 23.6. The summed E-state index contributed by atoms with van der Waals surface area (Å²) in [6.45, 7) is 1.40. The Morgan fingerprint density at radius 1 is 0.907 bits per heavy atom. The second-order valence-corrected chi connectivity index (χ2v) is 14.9. The van der Waals surface area contributed by atoms with Gasteiger partial charge >= 0.3 is 159 Å². The zero-order valence-corrected chi connectivity index (χ0v) is 33.0. The molecule has 1 radical (unpaired) electrons. The molecule has 0 bridgehead atoms. The van der Waals surface area contributed by atoms with Crippen LogP contribution in [0.1, 0.15) is 57.5 Å². The number of amidine groups is 2. The van der Waals surface area contributed by atoms with Gasteiger partial charge in [-0.15, -0.1) is 40.2 Å². The predicted octanol–water partition coefficient (Wildman–Crippen LogP) is 4.82. The number of nitrogens with one attached hydrogen (secondary N) is 4. The molecular formula is C27H36Br3Cl2N6O3Se2. The number of carbonyl (C=O) groups is 2. The predicted molar refractivity (Wildman–Crippen MR) is 190 cm³/mol. The Hall–Kier alpha value is -0.661.